The molecule has 0 radical (unpaired) electrons. The van der Waals surface area contributed by atoms with Crippen molar-refractivity contribution >= 4 is 11.8 Å². The fraction of sp³-hybridized carbons (Fsp3) is 0.692. The van der Waals surface area contributed by atoms with Gasteiger partial charge in [-0.1, -0.05) is 25.7 Å². The highest BCUT2D eigenvalue weighted by atomic mass is 16.2. The van der Waals surface area contributed by atoms with Crippen molar-refractivity contribution in [2.75, 3.05) is 0 Å². The van der Waals surface area contributed by atoms with Crippen LogP contribution in [0, 0.1) is 17.8 Å². The average Bonchev–Trinajstić information content (AvgIpc) is 2.81. The van der Waals surface area contributed by atoms with Gasteiger partial charge in [-0.25, -0.2) is 0 Å². The number of rotatable bonds is 2. The number of amides is 2. The molecule has 16 heavy (non-hydrogen) atoms. The van der Waals surface area contributed by atoms with E-state index in [4.69, 9.17) is 6.42 Å². The zero-order valence-electron chi connectivity index (χ0n) is 9.66. The Labute approximate surface area is 96.2 Å². The van der Waals surface area contributed by atoms with Gasteiger partial charge in [-0.2, -0.15) is 0 Å². The maximum absolute atomic E-state index is 12.3. The van der Waals surface area contributed by atoms with Gasteiger partial charge in [0.1, 0.15) is 6.04 Å². The fourth-order valence-corrected chi connectivity index (χ4v) is 2.95. The highest BCUT2D eigenvalue weighted by Crippen LogP contribution is 2.47. The topological polar surface area (TPSA) is 37.4 Å². The van der Waals surface area contributed by atoms with Gasteiger partial charge in [-0.15, -0.1) is 6.42 Å². The lowest BCUT2D eigenvalue weighted by Crippen LogP contribution is -2.41. The molecule has 2 fully saturated rings. The molecule has 1 saturated carbocycles. The van der Waals surface area contributed by atoms with Crippen LogP contribution in [-0.2, 0) is 9.59 Å². The lowest BCUT2D eigenvalue weighted by molar-refractivity contribution is -0.142. The molecule has 0 aromatic carbocycles. The Morgan fingerprint density at radius 3 is 2.56 bits per heavy atom. The molecule has 0 bridgehead atoms. The summed E-state index contributed by atoms with van der Waals surface area (Å²) in [5.74, 6) is 2.46. The molecule has 1 heterocycles. The van der Waals surface area contributed by atoms with Crippen LogP contribution in [0.4, 0.5) is 0 Å². The zero-order chi connectivity index (χ0) is 11.8. The molecule has 1 unspecified atom stereocenters. The number of hydrogen-bond donors (Lipinski definition) is 0. The predicted molar refractivity (Wildman–Crippen MR) is 60.3 cm³/mol. The van der Waals surface area contributed by atoms with Crippen molar-refractivity contribution in [3.8, 4) is 12.3 Å². The molecule has 2 rings (SSSR count). The van der Waals surface area contributed by atoms with Gasteiger partial charge < -0.3 is 0 Å². The minimum Gasteiger partial charge on any atom is -0.274 e. The summed E-state index contributed by atoms with van der Waals surface area (Å²) in [6, 6.07) is -0.347. The Morgan fingerprint density at radius 2 is 2.06 bits per heavy atom. The smallest absolute Gasteiger partial charge is 0.236 e. The minimum absolute atomic E-state index is 0.0141. The van der Waals surface area contributed by atoms with E-state index in [9.17, 15) is 9.59 Å². The van der Waals surface area contributed by atoms with Crippen molar-refractivity contribution in [2.45, 2.75) is 51.5 Å². The van der Waals surface area contributed by atoms with E-state index in [0.29, 0.717) is 12.8 Å². The average molecular weight is 219 g/mol. The second kappa shape index (κ2) is 3.93. The number of imide groups is 1. The highest BCUT2D eigenvalue weighted by molar-refractivity contribution is 6.06. The van der Waals surface area contributed by atoms with E-state index >= 15 is 0 Å². The van der Waals surface area contributed by atoms with Crippen molar-refractivity contribution in [3.63, 3.8) is 0 Å². The van der Waals surface area contributed by atoms with E-state index in [0.717, 1.165) is 25.7 Å². The molecule has 1 spiro atoms. The molecule has 2 aliphatic rings. The van der Waals surface area contributed by atoms with Crippen molar-refractivity contribution in [2.24, 2.45) is 5.41 Å². The zero-order valence-corrected chi connectivity index (χ0v) is 9.66. The van der Waals surface area contributed by atoms with Crippen molar-refractivity contribution in [3.05, 3.63) is 0 Å². The Morgan fingerprint density at radius 1 is 1.44 bits per heavy atom. The molecule has 86 valence electrons. The lowest BCUT2D eigenvalue weighted by Gasteiger charge is -2.24. The van der Waals surface area contributed by atoms with Crippen LogP contribution in [0.1, 0.15) is 45.4 Å². The van der Waals surface area contributed by atoms with Crippen LogP contribution < -0.4 is 0 Å². The number of carbonyl (C=O) groups excluding carboxylic acids is 2. The molecule has 1 atom stereocenters. The summed E-state index contributed by atoms with van der Waals surface area (Å²) in [5, 5.41) is 0. The van der Waals surface area contributed by atoms with Crippen LogP contribution in [0.25, 0.3) is 0 Å². The number of carbonyl (C=O) groups is 2. The van der Waals surface area contributed by atoms with E-state index in [1.54, 1.807) is 0 Å². The summed E-state index contributed by atoms with van der Waals surface area (Å²) in [4.78, 5) is 25.6. The molecular weight excluding hydrogens is 202 g/mol. The van der Waals surface area contributed by atoms with Gasteiger partial charge in [-0.3, -0.25) is 14.5 Å². The SMILES string of the molecule is C#CC(CC)N1C(=O)CC2(CCCC2)C1=O. The first-order chi connectivity index (χ1) is 7.64. The van der Waals surface area contributed by atoms with Gasteiger partial charge in [0.05, 0.1) is 5.41 Å². The first kappa shape index (κ1) is 11.2. The molecule has 1 aliphatic carbocycles. The third-order valence-corrected chi connectivity index (χ3v) is 3.88. The summed E-state index contributed by atoms with van der Waals surface area (Å²) in [7, 11) is 0. The number of nitrogens with zero attached hydrogens (tertiary/aromatic N) is 1. The summed E-state index contributed by atoms with van der Waals surface area (Å²) >= 11 is 0. The van der Waals surface area contributed by atoms with Crippen LogP contribution in [0.5, 0.6) is 0 Å². The molecule has 0 N–H and O–H groups in total. The second-order valence-corrected chi connectivity index (χ2v) is 4.82. The lowest BCUT2D eigenvalue weighted by atomic mass is 9.84. The molecule has 3 nitrogen and oxygen atoms in total. The Balaban J connectivity index is 2.26. The first-order valence-electron chi connectivity index (χ1n) is 5.97. The van der Waals surface area contributed by atoms with Crippen LogP contribution >= 0.6 is 0 Å². The van der Waals surface area contributed by atoms with E-state index < -0.39 is 0 Å². The molecule has 2 amide bonds. The van der Waals surface area contributed by atoms with E-state index in [1.807, 2.05) is 6.92 Å². The van der Waals surface area contributed by atoms with E-state index in [2.05, 4.69) is 5.92 Å². The molecule has 1 aliphatic heterocycles. The van der Waals surface area contributed by atoms with Gasteiger partial charge in [-0.05, 0) is 19.3 Å². The molecule has 0 aromatic rings. The van der Waals surface area contributed by atoms with Crippen molar-refractivity contribution in [1.29, 1.82) is 0 Å². The van der Waals surface area contributed by atoms with Gasteiger partial charge in [0.25, 0.3) is 0 Å². The molecule has 3 heteroatoms. The van der Waals surface area contributed by atoms with Gasteiger partial charge in [0.15, 0.2) is 0 Å². The second-order valence-electron chi connectivity index (χ2n) is 4.82. The standard InChI is InChI=1S/C13H17NO2/c1-3-10(4-2)14-11(15)9-13(12(14)16)7-5-6-8-13/h1,10H,4-9H2,2H3. The van der Waals surface area contributed by atoms with Crippen LogP contribution in [0.15, 0.2) is 0 Å². The normalized spacial score (nSPS) is 25.1. The quantitative estimate of drug-likeness (QED) is 0.524. The van der Waals surface area contributed by atoms with Crippen molar-refractivity contribution in [1.82, 2.24) is 4.90 Å². The number of hydrogen-bond acceptors (Lipinski definition) is 2. The predicted octanol–water partition coefficient (Wildman–Crippen LogP) is 1.72. The number of terminal acetylenes is 1. The highest BCUT2D eigenvalue weighted by Gasteiger charge is 2.53. The minimum atomic E-state index is -0.388. The Bertz CT molecular complexity index is 361. The first-order valence-corrected chi connectivity index (χ1v) is 5.97. The Kier molecular flexibility index (Phi) is 2.75. The van der Waals surface area contributed by atoms with Crippen molar-refractivity contribution < 1.29 is 9.59 Å². The van der Waals surface area contributed by atoms with E-state index in [1.165, 1.54) is 4.90 Å². The van der Waals surface area contributed by atoms with E-state index in [-0.39, 0.29) is 23.3 Å². The van der Waals surface area contributed by atoms with Crippen LogP contribution in [0.2, 0.25) is 0 Å². The monoisotopic (exact) mass is 219 g/mol. The summed E-state index contributed by atoms with van der Waals surface area (Å²) in [6.07, 6.45) is 10.2. The maximum atomic E-state index is 12.3. The molecule has 1 saturated heterocycles. The largest absolute Gasteiger partial charge is 0.274 e. The summed E-state index contributed by atoms with van der Waals surface area (Å²) in [5.41, 5.74) is -0.388. The third kappa shape index (κ3) is 1.44. The van der Waals surface area contributed by atoms with Gasteiger partial charge in [0, 0.05) is 6.42 Å². The third-order valence-electron chi connectivity index (χ3n) is 3.88. The van der Waals surface area contributed by atoms with Gasteiger partial charge >= 0.3 is 0 Å². The molecular formula is C13H17NO2. The fourth-order valence-electron chi connectivity index (χ4n) is 2.95. The summed E-state index contributed by atoms with van der Waals surface area (Å²) in [6.45, 7) is 1.91. The van der Waals surface area contributed by atoms with Crippen LogP contribution in [0.3, 0.4) is 0 Å². The Hall–Kier alpha value is -1.30. The summed E-state index contributed by atoms with van der Waals surface area (Å²) < 4.78 is 0. The van der Waals surface area contributed by atoms with Gasteiger partial charge in [0.2, 0.25) is 11.8 Å². The number of likely N-dealkylation sites (tertiary alicyclic amines) is 1. The maximum Gasteiger partial charge on any atom is 0.236 e. The molecule has 0 aromatic heterocycles. The van der Waals surface area contributed by atoms with Crippen LogP contribution in [-0.4, -0.2) is 22.8 Å².